The van der Waals surface area contributed by atoms with E-state index in [4.69, 9.17) is 14.2 Å². The predicted octanol–water partition coefficient (Wildman–Crippen LogP) is 3.26. The van der Waals surface area contributed by atoms with E-state index in [9.17, 15) is 4.79 Å². The minimum absolute atomic E-state index is 0.216. The number of ether oxygens (including phenoxy) is 3. The van der Waals surface area contributed by atoms with Gasteiger partial charge in [-0.25, -0.2) is 4.79 Å². The van der Waals surface area contributed by atoms with Crippen LogP contribution in [0.25, 0.3) is 0 Å². The summed E-state index contributed by atoms with van der Waals surface area (Å²) in [5.74, 6) is 0.521. The Bertz CT molecular complexity index is 454. The van der Waals surface area contributed by atoms with E-state index in [0.29, 0.717) is 6.61 Å². The van der Waals surface area contributed by atoms with Gasteiger partial charge in [0.15, 0.2) is 5.60 Å². The van der Waals surface area contributed by atoms with Gasteiger partial charge in [0.1, 0.15) is 11.9 Å². The first-order valence-electron chi connectivity index (χ1n) is 7.10. The van der Waals surface area contributed by atoms with Crippen LogP contribution >= 0.6 is 0 Å². The van der Waals surface area contributed by atoms with Crippen molar-refractivity contribution in [3.63, 3.8) is 0 Å². The summed E-state index contributed by atoms with van der Waals surface area (Å²) in [6, 6.07) is 7.56. The predicted molar refractivity (Wildman–Crippen MR) is 75.7 cm³/mol. The van der Waals surface area contributed by atoms with E-state index >= 15 is 0 Å². The molecule has 20 heavy (non-hydrogen) atoms. The van der Waals surface area contributed by atoms with Crippen molar-refractivity contribution in [3.8, 4) is 5.75 Å². The van der Waals surface area contributed by atoms with E-state index in [2.05, 4.69) is 6.92 Å². The van der Waals surface area contributed by atoms with Crippen molar-refractivity contribution in [1.82, 2.24) is 0 Å². The van der Waals surface area contributed by atoms with Crippen LogP contribution in [0.2, 0.25) is 0 Å². The quantitative estimate of drug-likeness (QED) is 0.436. The molecule has 4 heteroatoms. The molecular weight excluding hydrogens is 256 g/mol. The summed E-state index contributed by atoms with van der Waals surface area (Å²) in [7, 11) is 1.63. The monoisotopic (exact) mass is 278 g/mol. The Labute approximate surface area is 120 Å². The number of esters is 1. The minimum Gasteiger partial charge on any atom is -0.497 e. The van der Waals surface area contributed by atoms with Gasteiger partial charge in [0.05, 0.1) is 13.7 Å². The lowest BCUT2D eigenvalue weighted by Crippen LogP contribution is -2.24. The first kappa shape index (κ1) is 14.9. The lowest BCUT2D eigenvalue weighted by molar-refractivity contribution is -0.149. The highest BCUT2D eigenvalue weighted by Gasteiger charge is 2.60. The molecule has 0 saturated carbocycles. The van der Waals surface area contributed by atoms with Crippen LogP contribution in [0.3, 0.4) is 0 Å². The summed E-state index contributed by atoms with van der Waals surface area (Å²) in [6.07, 6.45) is 2.88. The SMILES string of the molecule is CCCCCOC(=O)C1(C)OC1c1ccc(OC)cc1. The van der Waals surface area contributed by atoms with E-state index in [1.54, 1.807) is 14.0 Å². The summed E-state index contributed by atoms with van der Waals surface area (Å²) in [6.45, 7) is 4.37. The van der Waals surface area contributed by atoms with E-state index in [-0.39, 0.29) is 12.1 Å². The smallest absolute Gasteiger partial charge is 0.341 e. The first-order chi connectivity index (χ1) is 9.61. The van der Waals surface area contributed by atoms with E-state index in [0.717, 1.165) is 30.6 Å². The van der Waals surface area contributed by atoms with Crippen molar-refractivity contribution < 1.29 is 19.0 Å². The molecule has 4 nitrogen and oxygen atoms in total. The lowest BCUT2D eigenvalue weighted by atomic mass is 10.0. The highest BCUT2D eigenvalue weighted by molar-refractivity contribution is 5.83. The summed E-state index contributed by atoms with van der Waals surface area (Å²) in [4.78, 5) is 12.0. The Balaban J connectivity index is 1.88. The summed E-state index contributed by atoms with van der Waals surface area (Å²) < 4.78 is 16.0. The number of hydrogen-bond donors (Lipinski definition) is 0. The zero-order valence-corrected chi connectivity index (χ0v) is 12.3. The van der Waals surface area contributed by atoms with Gasteiger partial charge in [-0.1, -0.05) is 31.9 Å². The standard InChI is InChI=1S/C16H22O4/c1-4-5-6-11-19-15(17)16(2)14(20-16)12-7-9-13(18-3)10-8-12/h7-10,14H,4-6,11H2,1-3H3. The number of carbonyl (C=O) groups is 1. The average molecular weight is 278 g/mol. The Morgan fingerprint density at radius 2 is 2.00 bits per heavy atom. The fourth-order valence-corrected chi connectivity index (χ4v) is 2.19. The lowest BCUT2D eigenvalue weighted by Gasteiger charge is -2.08. The Morgan fingerprint density at radius 1 is 1.30 bits per heavy atom. The van der Waals surface area contributed by atoms with Crippen molar-refractivity contribution in [2.45, 2.75) is 44.8 Å². The number of hydrogen-bond acceptors (Lipinski definition) is 4. The van der Waals surface area contributed by atoms with Crippen molar-refractivity contribution >= 4 is 5.97 Å². The van der Waals surface area contributed by atoms with Crippen molar-refractivity contribution in [2.24, 2.45) is 0 Å². The maximum absolute atomic E-state index is 12.0. The molecule has 1 saturated heterocycles. The molecule has 1 fully saturated rings. The summed E-state index contributed by atoms with van der Waals surface area (Å²) in [5.41, 5.74) is 0.139. The molecule has 2 rings (SSSR count). The second-order valence-electron chi connectivity index (χ2n) is 5.22. The van der Waals surface area contributed by atoms with Crippen molar-refractivity contribution in [1.29, 1.82) is 0 Å². The van der Waals surface area contributed by atoms with Gasteiger partial charge >= 0.3 is 5.97 Å². The molecule has 2 unspecified atom stereocenters. The molecule has 1 aromatic rings. The molecule has 0 spiro atoms. The third kappa shape index (κ3) is 3.12. The third-order valence-electron chi connectivity index (χ3n) is 3.61. The maximum atomic E-state index is 12.0. The number of unbranched alkanes of at least 4 members (excludes halogenated alkanes) is 2. The van der Waals surface area contributed by atoms with Crippen LogP contribution in [0.5, 0.6) is 5.75 Å². The van der Waals surface area contributed by atoms with Crippen LogP contribution in [0.4, 0.5) is 0 Å². The van der Waals surface area contributed by atoms with Gasteiger partial charge < -0.3 is 14.2 Å². The molecule has 0 bridgehead atoms. The van der Waals surface area contributed by atoms with Crippen LogP contribution in [0.15, 0.2) is 24.3 Å². The molecule has 110 valence electrons. The second-order valence-corrected chi connectivity index (χ2v) is 5.22. The van der Waals surface area contributed by atoms with Gasteiger partial charge in [-0.2, -0.15) is 0 Å². The van der Waals surface area contributed by atoms with Crippen LogP contribution in [-0.2, 0) is 14.3 Å². The average Bonchev–Trinajstić information content (AvgIpc) is 3.17. The molecule has 1 aliphatic rings. The van der Waals surface area contributed by atoms with Gasteiger partial charge in [0.25, 0.3) is 0 Å². The van der Waals surface area contributed by atoms with Gasteiger partial charge in [0.2, 0.25) is 0 Å². The molecule has 2 atom stereocenters. The van der Waals surface area contributed by atoms with Gasteiger partial charge in [-0.3, -0.25) is 0 Å². The van der Waals surface area contributed by atoms with Crippen LogP contribution < -0.4 is 4.74 Å². The summed E-state index contributed by atoms with van der Waals surface area (Å²) >= 11 is 0. The molecule has 0 aromatic heterocycles. The molecule has 0 radical (unpaired) electrons. The molecule has 0 aliphatic carbocycles. The van der Waals surface area contributed by atoms with E-state index < -0.39 is 5.60 Å². The Hall–Kier alpha value is -1.55. The molecule has 1 aromatic carbocycles. The zero-order valence-electron chi connectivity index (χ0n) is 12.3. The number of rotatable bonds is 7. The maximum Gasteiger partial charge on any atom is 0.341 e. The second kappa shape index (κ2) is 6.27. The van der Waals surface area contributed by atoms with Crippen LogP contribution in [0, 0.1) is 0 Å². The van der Waals surface area contributed by atoms with Crippen LogP contribution in [0.1, 0.15) is 44.8 Å². The molecular formula is C16H22O4. The largest absolute Gasteiger partial charge is 0.497 e. The summed E-state index contributed by atoms with van der Waals surface area (Å²) in [5, 5.41) is 0. The normalized spacial score (nSPS) is 24.2. The third-order valence-corrected chi connectivity index (χ3v) is 3.61. The van der Waals surface area contributed by atoms with Gasteiger partial charge in [0, 0.05) is 0 Å². The Kier molecular flexibility index (Phi) is 4.65. The first-order valence-corrected chi connectivity index (χ1v) is 7.10. The minimum atomic E-state index is -0.833. The molecule has 0 N–H and O–H groups in total. The van der Waals surface area contributed by atoms with Crippen molar-refractivity contribution in [3.05, 3.63) is 29.8 Å². The van der Waals surface area contributed by atoms with E-state index in [1.807, 2.05) is 24.3 Å². The highest BCUT2D eigenvalue weighted by atomic mass is 16.7. The zero-order chi connectivity index (χ0) is 14.6. The number of benzene rings is 1. The topological polar surface area (TPSA) is 48.1 Å². The van der Waals surface area contributed by atoms with E-state index in [1.165, 1.54) is 0 Å². The molecule has 1 aliphatic heterocycles. The number of methoxy groups -OCH3 is 1. The highest BCUT2D eigenvalue weighted by Crippen LogP contribution is 2.50. The molecule has 0 amide bonds. The van der Waals surface area contributed by atoms with Gasteiger partial charge in [-0.05, 0) is 31.0 Å². The number of epoxide rings is 1. The Morgan fingerprint density at radius 3 is 2.60 bits per heavy atom. The van der Waals surface area contributed by atoms with Crippen LogP contribution in [-0.4, -0.2) is 25.3 Å². The van der Waals surface area contributed by atoms with Crippen molar-refractivity contribution in [2.75, 3.05) is 13.7 Å². The number of carbonyl (C=O) groups excluding carboxylic acids is 1. The fourth-order valence-electron chi connectivity index (χ4n) is 2.19. The van der Waals surface area contributed by atoms with Gasteiger partial charge in [-0.15, -0.1) is 0 Å². The molecule has 1 heterocycles. The fraction of sp³-hybridized carbons (Fsp3) is 0.562.